The van der Waals surface area contributed by atoms with Crippen molar-refractivity contribution in [2.24, 2.45) is 0 Å². The van der Waals surface area contributed by atoms with E-state index in [4.69, 9.17) is 10.8 Å². The summed E-state index contributed by atoms with van der Waals surface area (Å²) >= 11 is 1.33. The van der Waals surface area contributed by atoms with Crippen LogP contribution in [0.25, 0.3) is 0 Å². The minimum atomic E-state index is -1.09. The van der Waals surface area contributed by atoms with E-state index in [9.17, 15) is 9.59 Å². The molecule has 0 fully saturated rings. The summed E-state index contributed by atoms with van der Waals surface area (Å²) in [7, 11) is 0. The van der Waals surface area contributed by atoms with Crippen LogP contribution in [-0.2, 0) is 4.79 Å². The van der Waals surface area contributed by atoms with Gasteiger partial charge in [0.05, 0.1) is 16.3 Å². The van der Waals surface area contributed by atoms with Crippen LogP contribution in [0.4, 0.5) is 11.4 Å². The quantitative estimate of drug-likeness (QED) is 0.847. The first kappa shape index (κ1) is 14.1. The molecule has 1 aromatic carbocycles. The molecule has 0 bridgehead atoms. The Kier molecular flexibility index (Phi) is 4.05. The van der Waals surface area contributed by atoms with Gasteiger partial charge in [0.25, 0.3) is 5.91 Å². The lowest BCUT2D eigenvalue weighted by molar-refractivity contribution is -0.135. The molecule has 0 aliphatic carbocycles. The molecule has 0 atom stereocenters. The van der Waals surface area contributed by atoms with Crippen LogP contribution in [-0.4, -0.2) is 23.5 Å². The Bertz CT molecular complexity index is 651. The number of thiophene rings is 1. The van der Waals surface area contributed by atoms with Gasteiger partial charge < -0.3 is 10.8 Å². The Labute approximate surface area is 120 Å². The van der Waals surface area contributed by atoms with Crippen LogP contribution in [0.5, 0.6) is 0 Å². The third kappa shape index (κ3) is 2.97. The summed E-state index contributed by atoms with van der Waals surface area (Å²) in [5.41, 5.74) is 6.61. The number of hydrogen-bond donors (Lipinski definition) is 2. The molecule has 5 nitrogen and oxygen atoms in total. The van der Waals surface area contributed by atoms with Gasteiger partial charge in [0.1, 0.15) is 6.54 Å². The number of carboxylic acid groups (broad SMARTS) is 1. The molecule has 0 aliphatic rings. The summed E-state index contributed by atoms with van der Waals surface area (Å²) < 4.78 is 0. The van der Waals surface area contributed by atoms with E-state index in [2.05, 4.69) is 0 Å². The van der Waals surface area contributed by atoms with Crippen LogP contribution in [0.2, 0.25) is 0 Å². The van der Waals surface area contributed by atoms with E-state index in [0.29, 0.717) is 16.3 Å². The Morgan fingerprint density at radius 2 is 1.95 bits per heavy atom. The molecule has 1 aromatic heterocycles. The molecule has 104 valence electrons. The zero-order chi connectivity index (χ0) is 14.7. The number of carbonyl (C=O) groups excluding carboxylic acids is 1. The Morgan fingerprint density at radius 3 is 2.50 bits per heavy atom. The molecule has 6 heteroatoms. The van der Waals surface area contributed by atoms with Gasteiger partial charge in [-0.3, -0.25) is 14.5 Å². The largest absolute Gasteiger partial charge is 0.480 e. The Balaban J connectivity index is 2.40. The second-order valence-corrected chi connectivity index (χ2v) is 5.54. The summed E-state index contributed by atoms with van der Waals surface area (Å²) in [5, 5.41) is 9.01. The highest BCUT2D eigenvalue weighted by Crippen LogP contribution is 2.26. The van der Waals surface area contributed by atoms with Crippen molar-refractivity contribution in [2.45, 2.75) is 6.92 Å². The predicted octanol–water partition coefficient (Wildman–Crippen LogP) is 2.37. The van der Waals surface area contributed by atoms with Crippen molar-refractivity contribution in [1.82, 2.24) is 0 Å². The van der Waals surface area contributed by atoms with Gasteiger partial charge in [-0.1, -0.05) is 12.1 Å². The molecular weight excluding hydrogens is 276 g/mol. The average molecular weight is 290 g/mol. The number of nitrogens with two attached hydrogens (primary N) is 1. The number of nitrogens with zero attached hydrogens (tertiary/aromatic N) is 1. The molecule has 0 saturated carbocycles. The van der Waals surface area contributed by atoms with Crippen molar-refractivity contribution in [3.8, 4) is 0 Å². The molecule has 0 unspecified atom stereocenters. The van der Waals surface area contributed by atoms with Gasteiger partial charge in [0, 0.05) is 4.88 Å². The number of anilines is 2. The number of para-hydroxylation sites is 2. The van der Waals surface area contributed by atoms with Crippen LogP contribution in [0.15, 0.2) is 36.4 Å². The second kappa shape index (κ2) is 5.75. The van der Waals surface area contributed by atoms with E-state index < -0.39 is 12.5 Å². The second-order valence-electron chi connectivity index (χ2n) is 4.25. The first-order valence-electron chi connectivity index (χ1n) is 5.93. The Hall–Kier alpha value is -2.34. The zero-order valence-electron chi connectivity index (χ0n) is 10.9. The summed E-state index contributed by atoms with van der Waals surface area (Å²) in [6.07, 6.45) is 0. The number of nitrogen functional groups attached to an aromatic ring is 1. The molecular formula is C14H14N2O3S. The van der Waals surface area contributed by atoms with E-state index in [1.54, 1.807) is 30.3 Å². The van der Waals surface area contributed by atoms with E-state index in [-0.39, 0.29) is 5.91 Å². The van der Waals surface area contributed by atoms with Gasteiger partial charge in [0.2, 0.25) is 0 Å². The topological polar surface area (TPSA) is 83.6 Å². The number of rotatable bonds is 4. The zero-order valence-corrected chi connectivity index (χ0v) is 11.7. The van der Waals surface area contributed by atoms with Gasteiger partial charge in [-0.2, -0.15) is 0 Å². The first-order valence-corrected chi connectivity index (χ1v) is 6.75. The minimum absolute atomic E-state index is 0.358. The fourth-order valence-electron chi connectivity index (χ4n) is 1.82. The van der Waals surface area contributed by atoms with Crippen LogP contribution >= 0.6 is 11.3 Å². The summed E-state index contributed by atoms with van der Waals surface area (Å²) in [6.45, 7) is 1.46. The summed E-state index contributed by atoms with van der Waals surface area (Å²) in [6, 6.07) is 10.2. The molecule has 1 amide bonds. The van der Waals surface area contributed by atoms with E-state index >= 15 is 0 Å². The summed E-state index contributed by atoms with van der Waals surface area (Å²) in [4.78, 5) is 26.1. The van der Waals surface area contributed by atoms with Crippen molar-refractivity contribution in [3.05, 3.63) is 46.2 Å². The first-order chi connectivity index (χ1) is 9.49. The molecule has 3 N–H and O–H groups in total. The monoisotopic (exact) mass is 290 g/mol. The minimum Gasteiger partial charge on any atom is -0.480 e. The van der Waals surface area contributed by atoms with Crippen molar-refractivity contribution in [2.75, 3.05) is 17.2 Å². The lowest BCUT2D eigenvalue weighted by atomic mass is 10.2. The number of benzene rings is 1. The van der Waals surface area contributed by atoms with Crippen LogP contribution < -0.4 is 10.6 Å². The molecule has 2 rings (SSSR count). The number of carboxylic acids is 1. The maximum absolute atomic E-state index is 12.5. The molecule has 0 saturated heterocycles. The highest BCUT2D eigenvalue weighted by Gasteiger charge is 2.23. The number of aliphatic carboxylic acids is 1. The number of carbonyl (C=O) groups is 2. The van der Waals surface area contributed by atoms with Crippen molar-refractivity contribution in [1.29, 1.82) is 0 Å². The Morgan fingerprint density at radius 1 is 1.25 bits per heavy atom. The van der Waals surface area contributed by atoms with Crippen LogP contribution in [0.3, 0.4) is 0 Å². The van der Waals surface area contributed by atoms with E-state index in [1.165, 1.54) is 16.2 Å². The van der Waals surface area contributed by atoms with Gasteiger partial charge in [-0.25, -0.2) is 0 Å². The highest BCUT2D eigenvalue weighted by molar-refractivity contribution is 7.14. The number of amides is 1. The number of aryl methyl sites for hydroxylation is 1. The molecule has 0 aliphatic heterocycles. The van der Waals surface area contributed by atoms with Crippen molar-refractivity contribution < 1.29 is 14.7 Å². The highest BCUT2D eigenvalue weighted by atomic mass is 32.1. The molecule has 20 heavy (non-hydrogen) atoms. The molecule has 1 heterocycles. The smallest absolute Gasteiger partial charge is 0.323 e. The fourth-order valence-corrected chi connectivity index (χ4v) is 2.63. The summed E-state index contributed by atoms with van der Waals surface area (Å²) in [5.74, 6) is -1.45. The SMILES string of the molecule is Cc1ccc(C(=O)N(CC(=O)O)c2ccccc2N)s1. The standard InChI is InChI=1S/C14H14N2O3S/c1-9-6-7-12(20-9)14(19)16(8-13(17)18)11-5-3-2-4-10(11)15/h2-7H,8,15H2,1H3,(H,17,18). The maximum atomic E-state index is 12.5. The van der Waals surface area contributed by atoms with Crippen molar-refractivity contribution >= 4 is 34.6 Å². The third-order valence-electron chi connectivity index (χ3n) is 2.72. The van der Waals surface area contributed by atoms with Gasteiger partial charge in [0.15, 0.2) is 0 Å². The van der Waals surface area contributed by atoms with Gasteiger partial charge >= 0.3 is 5.97 Å². The van der Waals surface area contributed by atoms with E-state index in [0.717, 1.165) is 4.88 Å². The normalized spacial score (nSPS) is 10.2. The fraction of sp³-hybridized carbons (Fsp3) is 0.143. The van der Waals surface area contributed by atoms with Gasteiger partial charge in [-0.15, -0.1) is 11.3 Å². The van der Waals surface area contributed by atoms with E-state index in [1.807, 2.05) is 13.0 Å². The average Bonchev–Trinajstić information content (AvgIpc) is 2.82. The molecule has 2 aromatic rings. The maximum Gasteiger partial charge on any atom is 0.323 e. The molecule has 0 radical (unpaired) electrons. The third-order valence-corrected chi connectivity index (χ3v) is 3.71. The molecule has 0 spiro atoms. The predicted molar refractivity (Wildman–Crippen MR) is 79.2 cm³/mol. The van der Waals surface area contributed by atoms with Crippen molar-refractivity contribution in [3.63, 3.8) is 0 Å². The lowest BCUT2D eigenvalue weighted by Gasteiger charge is -2.21. The van der Waals surface area contributed by atoms with Crippen LogP contribution in [0, 0.1) is 6.92 Å². The van der Waals surface area contributed by atoms with Crippen LogP contribution in [0.1, 0.15) is 14.5 Å². The lowest BCUT2D eigenvalue weighted by Crippen LogP contribution is -2.35. The van der Waals surface area contributed by atoms with Gasteiger partial charge in [-0.05, 0) is 31.2 Å². The number of hydrogen-bond acceptors (Lipinski definition) is 4.